The Bertz CT molecular complexity index is 712. The first kappa shape index (κ1) is 13.1. The van der Waals surface area contributed by atoms with Gasteiger partial charge in [0, 0.05) is 11.6 Å². The number of hydrogen-bond donors (Lipinski definition) is 2. The highest BCUT2D eigenvalue weighted by molar-refractivity contribution is 7.92. The zero-order chi connectivity index (χ0) is 13.7. The monoisotopic (exact) mass is 278 g/mol. The van der Waals surface area contributed by atoms with Gasteiger partial charge in [-0.2, -0.15) is 0 Å². The molecule has 0 aliphatic rings. The topological polar surface area (TPSA) is 92.4 Å². The molecule has 0 saturated heterocycles. The molecule has 0 aliphatic heterocycles. The number of anilines is 1. The van der Waals surface area contributed by atoms with Crippen LogP contribution in [0.25, 0.3) is 0 Å². The molecule has 7 heteroatoms. The van der Waals surface area contributed by atoms with Gasteiger partial charge in [-0.1, -0.05) is 29.1 Å². The molecule has 0 spiro atoms. The lowest BCUT2D eigenvalue weighted by molar-refractivity contribution is 0.350. The molecule has 0 aliphatic carbocycles. The van der Waals surface area contributed by atoms with Crippen LogP contribution in [0.5, 0.6) is 0 Å². The van der Waals surface area contributed by atoms with Crippen molar-refractivity contribution in [2.45, 2.75) is 4.90 Å². The number of aliphatic hydroxyl groups excluding tert-OH is 1. The van der Waals surface area contributed by atoms with Crippen LogP contribution >= 0.6 is 0 Å². The molecule has 0 unspecified atom stereocenters. The maximum Gasteiger partial charge on any atom is 0.264 e. The molecule has 2 rings (SSSR count). The van der Waals surface area contributed by atoms with Crippen molar-refractivity contribution < 1.29 is 18.0 Å². The van der Waals surface area contributed by atoms with Crippen LogP contribution in [-0.2, 0) is 10.0 Å². The first-order valence-electron chi connectivity index (χ1n) is 5.25. The maximum absolute atomic E-state index is 12.2. The van der Waals surface area contributed by atoms with Gasteiger partial charge >= 0.3 is 0 Å². The maximum atomic E-state index is 12.2. The van der Waals surface area contributed by atoms with Gasteiger partial charge < -0.3 is 9.63 Å². The summed E-state index contributed by atoms with van der Waals surface area (Å²) in [5.41, 5.74) is 0.299. The molecule has 1 heterocycles. The van der Waals surface area contributed by atoms with Crippen molar-refractivity contribution in [3.05, 3.63) is 42.2 Å². The molecule has 0 amide bonds. The Hall–Kier alpha value is -2.30. The normalized spacial score (nSPS) is 10.6. The van der Waals surface area contributed by atoms with E-state index in [2.05, 4.69) is 26.2 Å². The Labute approximate surface area is 110 Å². The Balaban J connectivity index is 2.40. The number of sulfonamides is 1. The lowest BCUT2D eigenvalue weighted by atomic mass is 10.2. The minimum absolute atomic E-state index is 0.0129. The van der Waals surface area contributed by atoms with Gasteiger partial charge in [-0.15, -0.1) is 0 Å². The van der Waals surface area contributed by atoms with Gasteiger partial charge in [0.25, 0.3) is 10.0 Å². The fourth-order valence-electron chi connectivity index (χ4n) is 1.40. The molecule has 0 fully saturated rings. The summed E-state index contributed by atoms with van der Waals surface area (Å²) in [6, 6.07) is 7.61. The summed E-state index contributed by atoms with van der Waals surface area (Å²) in [4.78, 5) is 0.0129. The Morgan fingerprint density at radius 3 is 2.79 bits per heavy atom. The number of aromatic nitrogens is 1. The second kappa shape index (κ2) is 5.56. The minimum atomic E-state index is -3.80. The average molecular weight is 278 g/mol. The van der Waals surface area contributed by atoms with E-state index in [4.69, 9.17) is 5.11 Å². The van der Waals surface area contributed by atoms with Crippen LogP contribution in [0.4, 0.5) is 5.82 Å². The molecule has 1 aromatic carbocycles. The third-order valence-electron chi connectivity index (χ3n) is 2.16. The van der Waals surface area contributed by atoms with E-state index in [0.717, 1.165) is 0 Å². The molecule has 19 heavy (non-hydrogen) atoms. The SMILES string of the molecule is O=S(=O)(Nc1ccon1)c1ccccc1C#CCO. The van der Waals surface area contributed by atoms with Crippen molar-refractivity contribution in [1.82, 2.24) is 5.16 Å². The predicted octanol–water partition coefficient (Wildman–Crippen LogP) is 0.819. The Morgan fingerprint density at radius 2 is 2.11 bits per heavy atom. The molecule has 98 valence electrons. The molecule has 2 N–H and O–H groups in total. The van der Waals surface area contributed by atoms with Gasteiger partial charge in [0.2, 0.25) is 0 Å². The van der Waals surface area contributed by atoms with E-state index in [1.165, 1.54) is 18.4 Å². The molecular formula is C12H10N2O4S. The van der Waals surface area contributed by atoms with Crippen LogP contribution in [0.2, 0.25) is 0 Å². The van der Waals surface area contributed by atoms with Gasteiger partial charge in [0.15, 0.2) is 5.82 Å². The Morgan fingerprint density at radius 1 is 1.32 bits per heavy atom. The zero-order valence-electron chi connectivity index (χ0n) is 9.70. The van der Waals surface area contributed by atoms with Crippen molar-refractivity contribution in [2.24, 2.45) is 0 Å². The highest BCUT2D eigenvalue weighted by atomic mass is 32.2. The average Bonchev–Trinajstić information content (AvgIpc) is 2.88. The number of rotatable bonds is 3. The summed E-state index contributed by atoms with van der Waals surface area (Å²) in [7, 11) is -3.80. The van der Waals surface area contributed by atoms with E-state index in [-0.39, 0.29) is 17.3 Å². The summed E-state index contributed by atoms with van der Waals surface area (Å²) >= 11 is 0. The fourth-order valence-corrected chi connectivity index (χ4v) is 2.55. The van der Waals surface area contributed by atoms with Gasteiger partial charge in [-0.3, -0.25) is 4.72 Å². The first-order chi connectivity index (χ1) is 9.13. The molecule has 0 atom stereocenters. The van der Waals surface area contributed by atoms with Crippen LogP contribution in [0, 0.1) is 11.8 Å². The summed E-state index contributed by atoms with van der Waals surface area (Å²) in [5, 5.41) is 12.1. The molecular weight excluding hydrogens is 268 g/mol. The second-order valence-corrected chi connectivity index (χ2v) is 5.10. The van der Waals surface area contributed by atoms with Gasteiger partial charge in [-0.05, 0) is 12.1 Å². The van der Waals surface area contributed by atoms with E-state index in [1.807, 2.05) is 0 Å². The highest BCUT2D eigenvalue weighted by Crippen LogP contribution is 2.17. The molecule has 0 saturated carbocycles. The van der Waals surface area contributed by atoms with Crippen LogP contribution in [0.1, 0.15) is 5.56 Å². The van der Waals surface area contributed by atoms with Crippen molar-refractivity contribution >= 4 is 15.8 Å². The van der Waals surface area contributed by atoms with E-state index in [1.54, 1.807) is 18.2 Å². The molecule has 2 aromatic rings. The molecule has 6 nitrogen and oxygen atoms in total. The quantitative estimate of drug-likeness (QED) is 0.811. The summed E-state index contributed by atoms with van der Waals surface area (Å²) in [5.74, 6) is 5.09. The zero-order valence-corrected chi connectivity index (χ0v) is 10.5. The van der Waals surface area contributed by atoms with Crippen molar-refractivity contribution in [2.75, 3.05) is 11.3 Å². The largest absolute Gasteiger partial charge is 0.384 e. The summed E-state index contributed by atoms with van der Waals surface area (Å²) < 4.78 is 31.1. The summed E-state index contributed by atoms with van der Waals surface area (Å²) in [6.07, 6.45) is 1.26. The highest BCUT2D eigenvalue weighted by Gasteiger charge is 2.18. The summed E-state index contributed by atoms with van der Waals surface area (Å²) in [6.45, 7) is -0.342. The lowest BCUT2D eigenvalue weighted by Gasteiger charge is -2.06. The number of nitrogens with zero attached hydrogens (tertiary/aromatic N) is 1. The second-order valence-electron chi connectivity index (χ2n) is 3.45. The van der Waals surface area contributed by atoms with E-state index in [0.29, 0.717) is 5.56 Å². The molecule has 0 radical (unpaired) electrons. The fraction of sp³-hybridized carbons (Fsp3) is 0.0833. The standard InChI is InChI=1S/C12H10N2O4S/c15-8-3-5-10-4-1-2-6-11(10)19(16,17)14-12-7-9-18-13-12/h1-2,4,6-7,9,15H,8H2,(H,13,14). The van der Waals surface area contributed by atoms with Crippen LogP contribution < -0.4 is 4.72 Å². The lowest BCUT2D eigenvalue weighted by Crippen LogP contribution is -2.14. The number of benzene rings is 1. The van der Waals surface area contributed by atoms with Crippen LogP contribution in [0.15, 0.2) is 46.0 Å². The smallest absolute Gasteiger partial charge is 0.264 e. The molecule has 0 bridgehead atoms. The van der Waals surface area contributed by atoms with Gasteiger partial charge in [0.1, 0.15) is 17.8 Å². The number of aliphatic hydroxyl groups is 1. The van der Waals surface area contributed by atoms with Gasteiger partial charge in [0.05, 0.1) is 0 Å². The van der Waals surface area contributed by atoms with Crippen molar-refractivity contribution in [1.29, 1.82) is 0 Å². The van der Waals surface area contributed by atoms with Crippen molar-refractivity contribution in [3.8, 4) is 11.8 Å². The van der Waals surface area contributed by atoms with Crippen LogP contribution in [-0.4, -0.2) is 25.3 Å². The Kier molecular flexibility index (Phi) is 3.85. The number of nitrogens with one attached hydrogen (secondary N) is 1. The molecule has 1 aromatic heterocycles. The van der Waals surface area contributed by atoms with E-state index in [9.17, 15) is 8.42 Å². The van der Waals surface area contributed by atoms with Crippen LogP contribution in [0.3, 0.4) is 0 Å². The van der Waals surface area contributed by atoms with Crippen molar-refractivity contribution in [3.63, 3.8) is 0 Å². The minimum Gasteiger partial charge on any atom is -0.384 e. The van der Waals surface area contributed by atoms with E-state index < -0.39 is 10.0 Å². The first-order valence-corrected chi connectivity index (χ1v) is 6.74. The number of hydrogen-bond acceptors (Lipinski definition) is 5. The predicted molar refractivity (Wildman–Crippen MR) is 67.7 cm³/mol. The third-order valence-corrected chi connectivity index (χ3v) is 3.57. The van der Waals surface area contributed by atoms with Gasteiger partial charge in [-0.25, -0.2) is 8.42 Å². The third kappa shape index (κ3) is 3.13. The van der Waals surface area contributed by atoms with E-state index >= 15 is 0 Å².